The maximum atomic E-state index is 10.6. The maximum Gasteiger partial charge on any atom is 0.319 e. The molecule has 12 heavy (non-hydrogen) atoms. The molecule has 2 unspecified atom stereocenters. The van der Waals surface area contributed by atoms with Gasteiger partial charge in [0.1, 0.15) is 5.25 Å². The predicted octanol–water partition coefficient (Wildman–Crippen LogP) is 0.166. The Bertz CT molecular complexity index is 141. The van der Waals surface area contributed by atoms with Gasteiger partial charge in [0, 0.05) is 18.9 Å². The van der Waals surface area contributed by atoms with Gasteiger partial charge in [-0.3, -0.25) is 4.79 Å². The molecule has 0 aromatic carbocycles. The van der Waals surface area contributed by atoms with Gasteiger partial charge in [-0.25, -0.2) is 0 Å². The van der Waals surface area contributed by atoms with Crippen LogP contribution in [0.25, 0.3) is 0 Å². The van der Waals surface area contributed by atoms with Crippen LogP contribution >= 0.6 is 11.8 Å². The molecule has 0 fully saturated rings. The van der Waals surface area contributed by atoms with Crippen molar-refractivity contribution in [2.24, 2.45) is 5.73 Å². The van der Waals surface area contributed by atoms with Crippen LogP contribution in [-0.2, 0) is 9.53 Å². The first-order valence-electron chi connectivity index (χ1n) is 3.66. The van der Waals surface area contributed by atoms with E-state index in [0.717, 1.165) is 0 Å². The molecule has 0 heterocycles. The number of rotatable bonds is 6. The van der Waals surface area contributed by atoms with Crippen LogP contribution in [0.5, 0.6) is 0 Å². The van der Waals surface area contributed by atoms with Crippen molar-refractivity contribution in [1.82, 2.24) is 0 Å². The van der Waals surface area contributed by atoms with Gasteiger partial charge in [0.25, 0.3) is 0 Å². The highest BCUT2D eigenvalue weighted by atomic mass is 32.2. The van der Waals surface area contributed by atoms with E-state index in [2.05, 4.69) is 0 Å². The number of hydrogen-bond donors (Lipinski definition) is 2. The van der Waals surface area contributed by atoms with Crippen molar-refractivity contribution < 1.29 is 14.6 Å². The van der Waals surface area contributed by atoms with Gasteiger partial charge in [-0.05, 0) is 6.92 Å². The van der Waals surface area contributed by atoms with E-state index in [1.807, 2.05) is 6.92 Å². The first kappa shape index (κ1) is 11.7. The molecule has 0 rings (SSSR count). The summed E-state index contributed by atoms with van der Waals surface area (Å²) in [5, 5.41) is 8.18. The number of ether oxygens (including phenoxy) is 1. The van der Waals surface area contributed by atoms with Crippen molar-refractivity contribution in [3.8, 4) is 0 Å². The molecule has 3 N–H and O–H groups in total. The fourth-order valence-corrected chi connectivity index (χ4v) is 1.52. The fraction of sp³-hybridized carbons (Fsp3) is 0.857. The molecule has 4 nitrogen and oxygen atoms in total. The van der Waals surface area contributed by atoms with Gasteiger partial charge in [0.2, 0.25) is 0 Å². The number of nitrogens with two attached hydrogens (primary N) is 1. The minimum absolute atomic E-state index is 0.0220. The van der Waals surface area contributed by atoms with Crippen LogP contribution in [0.3, 0.4) is 0 Å². The quantitative estimate of drug-likeness (QED) is 0.629. The van der Waals surface area contributed by atoms with E-state index < -0.39 is 11.2 Å². The third kappa shape index (κ3) is 5.40. The third-order valence-corrected chi connectivity index (χ3v) is 2.61. The topological polar surface area (TPSA) is 72.5 Å². The molecule has 0 amide bonds. The predicted molar refractivity (Wildman–Crippen MR) is 49.4 cm³/mol. The molecule has 0 saturated heterocycles. The minimum atomic E-state index is -0.845. The second kappa shape index (κ2) is 6.28. The summed E-state index contributed by atoms with van der Waals surface area (Å²) in [6.07, 6.45) is 0. The van der Waals surface area contributed by atoms with E-state index in [9.17, 15) is 4.79 Å². The van der Waals surface area contributed by atoms with Gasteiger partial charge in [-0.2, -0.15) is 0 Å². The lowest BCUT2D eigenvalue weighted by molar-refractivity contribution is -0.137. The Balaban J connectivity index is 3.71. The molecule has 0 aliphatic rings. The lowest BCUT2D eigenvalue weighted by Crippen LogP contribution is -2.26. The summed E-state index contributed by atoms with van der Waals surface area (Å²) in [6.45, 7) is 2.07. The third-order valence-electron chi connectivity index (χ3n) is 1.15. The van der Waals surface area contributed by atoms with Crippen LogP contribution in [0, 0.1) is 0 Å². The molecule has 0 spiro atoms. The Morgan fingerprint density at radius 1 is 1.75 bits per heavy atom. The van der Waals surface area contributed by atoms with Crippen molar-refractivity contribution in [2.45, 2.75) is 18.2 Å². The molecular weight excluding hydrogens is 178 g/mol. The van der Waals surface area contributed by atoms with E-state index in [0.29, 0.717) is 5.75 Å². The first-order chi connectivity index (χ1) is 5.57. The van der Waals surface area contributed by atoms with E-state index >= 15 is 0 Å². The molecule has 72 valence electrons. The number of thioether (sulfide) groups is 1. The second-order valence-corrected chi connectivity index (χ2v) is 3.83. The molecular formula is C7H15NO3S. The maximum absolute atomic E-state index is 10.6. The van der Waals surface area contributed by atoms with Gasteiger partial charge < -0.3 is 15.6 Å². The highest BCUT2D eigenvalue weighted by molar-refractivity contribution is 8.00. The average Bonchev–Trinajstić information content (AvgIpc) is 1.96. The highest BCUT2D eigenvalue weighted by Crippen LogP contribution is 2.12. The lowest BCUT2D eigenvalue weighted by atomic mass is 10.4. The molecule has 0 bridgehead atoms. The standard InChI is InChI=1S/C7H15NO3S/c1-5(8)4-12-6(3-11-2)7(9)10/h5-6H,3-4,8H2,1-2H3,(H,9,10). The molecule has 0 aliphatic carbocycles. The van der Waals surface area contributed by atoms with Gasteiger partial charge >= 0.3 is 5.97 Å². The number of hydrogen-bond acceptors (Lipinski definition) is 4. The fourth-order valence-electron chi connectivity index (χ4n) is 0.610. The van der Waals surface area contributed by atoms with Crippen LogP contribution in [0.1, 0.15) is 6.92 Å². The van der Waals surface area contributed by atoms with Crippen LogP contribution in [0.2, 0.25) is 0 Å². The Hall–Kier alpha value is -0.260. The van der Waals surface area contributed by atoms with Crippen LogP contribution in [-0.4, -0.2) is 41.8 Å². The van der Waals surface area contributed by atoms with E-state index in [4.69, 9.17) is 15.6 Å². The molecule has 0 saturated carbocycles. The van der Waals surface area contributed by atoms with Crippen molar-refractivity contribution in [1.29, 1.82) is 0 Å². The molecule has 0 aliphatic heterocycles. The van der Waals surface area contributed by atoms with Crippen molar-refractivity contribution >= 4 is 17.7 Å². The summed E-state index contributed by atoms with van der Waals surface area (Å²) in [4.78, 5) is 10.6. The Kier molecular flexibility index (Phi) is 6.14. The van der Waals surface area contributed by atoms with Crippen molar-refractivity contribution in [2.75, 3.05) is 19.5 Å². The Labute approximate surface area is 76.5 Å². The van der Waals surface area contributed by atoms with E-state index in [1.165, 1.54) is 18.9 Å². The molecule has 0 aromatic heterocycles. The number of aliphatic carboxylic acids is 1. The van der Waals surface area contributed by atoms with Gasteiger partial charge in [-0.15, -0.1) is 11.8 Å². The SMILES string of the molecule is COCC(SCC(C)N)C(=O)O. The van der Waals surface area contributed by atoms with Crippen LogP contribution < -0.4 is 5.73 Å². The largest absolute Gasteiger partial charge is 0.480 e. The number of methoxy groups -OCH3 is 1. The summed E-state index contributed by atoms with van der Waals surface area (Å²) < 4.78 is 4.76. The van der Waals surface area contributed by atoms with Crippen LogP contribution in [0.4, 0.5) is 0 Å². The zero-order chi connectivity index (χ0) is 9.56. The number of carbonyl (C=O) groups is 1. The molecule has 2 atom stereocenters. The zero-order valence-electron chi connectivity index (χ0n) is 7.32. The Morgan fingerprint density at radius 3 is 2.67 bits per heavy atom. The lowest BCUT2D eigenvalue weighted by Gasteiger charge is -2.11. The molecule has 0 radical (unpaired) electrons. The van der Waals surface area contributed by atoms with Crippen LogP contribution in [0.15, 0.2) is 0 Å². The zero-order valence-corrected chi connectivity index (χ0v) is 8.13. The summed E-state index contributed by atoms with van der Waals surface area (Å²) in [5.41, 5.74) is 5.48. The summed E-state index contributed by atoms with van der Waals surface area (Å²) in [7, 11) is 1.49. The smallest absolute Gasteiger partial charge is 0.319 e. The summed E-state index contributed by atoms with van der Waals surface area (Å²) >= 11 is 1.31. The highest BCUT2D eigenvalue weighted by Gasteiger charge is 2.17. The van der Waals surface area contributed by atoms with E-state index in [-0.39, 0.29) is 12.6 Å². The molecule has 0 aromatic rings. The summed E-state index contributed by atoms with van der Waals surface area (Å²) in [6, 6.07) is 0.0220. The van der Waals surface area contributed by atoms with Gasteiger partial charge in [0.05, 0.1) is 6.61 Å². The first-order valence-corrected chi connectivity index (χ1v) is 4.71. The molecule has 5 heteroatoms. The Morgan fingerprint density at radius 2 is 2.33 bits per heavy atom. The number of carboxylic acid groups (broad SMARTS) is 1. The van der Waals surface area contributed by atoms with Gasteiger partial charge in [-0.1, -0.05) is 0 Å². The number of carboxylic acids is 1. The second-order valence-electron chi connectivity index (χ2n) is 2.59. The average molecular weight is 193 g/mol. The normalized spacial score (nSPS) is 15.6. The van der Waals surface area contributed by atoms with Crippen molar-refractivity contribution in [3.05, 3.63) is 0 Å². The summed E-state index contributed by atoms with van der Waals surface area (Å²) in [5.74, 6) is -0.206. The van der Waals surface area contributed by atoms with Crippen molar-refractivity contribution in [3.63, 3.8) is 0 Å². The minimum Gasteiger partial charge on any atom is -0.480 e. The monoisotopic (exact) mass is 193 g/mol. The van der Waals surface area contributed by atoms with E-state index in [1.54, 1.807) is 0 Å². The van der Waals surface area contributed by atoms with Gasteiger partial charge in [0.15, 0.2) is 0 Å².